The van der Waals surface area contributed by atoms with Crippen LogP contribution in [0.15, 0.2) is 0 Å². The molecule has 0 bridgehead atoms. The maximum absolute atomic E-state index is 12.2. The largest absolute Gasteiger partial charge is 0.340 e. The van der Waals surface area contributed by atoms with E-state index >= 15 is 0 Å². The summed E-state index contributed by atoms with van der Waals surface area (Å²) in [6.07, 6.45) is 4.02. The molecule has 2 N–H and O–H groups in total. The van der Waals surface area contributed by atoms with Crippen molar-refractivity contribution >= 4 is 5.91 Å². The van der Waals surface area contributed by atoms with Gasteiger partial charge in [0.1, 0.15) is 0 Å². The summed E-state index contributed by atoms with van der Waals surface area (Å²) in [6, 6.07) is 0.595. The quantitative estimate of drug-likeness (QED) is 0.711. The van der Waals surface area contributed by atoms with Crippen molar-refractivity contribution in [2.24, 2.45) is 11.7 Å². The molecular weight excluding hydrogens is 212 g/mol. The molecule has 0 fully saturated rings. The van der Waals surface area contributed by atoms with E-state index in [0.717, 1.165) is 32.2 Å². The first-order chi connectivity index (χ1) is 7.93. The van der Waals surface area contributed by atoms with Crippen LogP contribution < -0.4 is 5.73 Å². The molecule has 0 spiro atoms. The minimum absolute atomic E-state index is 0.127. The van der Waals surface area contributed by atoms with Crippen molar-refractivity contribution in [2.45, 2.75) is 72.4 Å². The Bertz CT molecular complexity index is 216. The molecule has 0 aliphatic rings. The molecule has 0 heterocycles. The van der Waals surface area contributed by atoms with Gasteiger partial charge in [0.15, 0.2) is 0 Å². The standard InChI is InChI=1S/C14H30N2O/c1-6-13(5)16(7-2)14(17)11(3)9-8-10-12(4)15/h11-13H,6-10,15H2,1-5H3. The minimum Gasteiger partial charge on any atom is -0.340 e. The molecule has 0 aliphatic heterocycles. The highest BCUT2D eigenvalue weighted by atomic mass is 16.2. The van der Waals surface area contributed by atoms with Gasteiger partial charge in [-0.05, 0) is 40.0 Å². The molecule has 17 heavy (non-hydrogen) atoms. The highest BCUT2D eigenvalue weighted by molar-refractivity contribution is 5.78. The van der Waals surface area contributed by atoms with Crippen LogP contribution in [0.4, 0.5) is 0 Å². The van der Waals surface area contributed by atoms with Crippen LogP contribution in [0.2, 0.25) is 0 Å². The van der Waals surface area contributed by atoms with E-state index in [9.17, 15) is 4.79 Å². The van der Waals surface area contributed by atoms with Crippen molar-refractivity contribution in [1.29, 1.82) is 0 Å². The minimum atomic E-state index is 0.127. The molecule has 3 unspecified atom stereocenters. The van der Waals surface area contributed by atoms with Crippen LogP contribution in [0, 0.1) is 5.92 Å². The molecule has 1 amide bonds. The van der Waals surface area contributed by atoms with Gasteiger partial charge in [0.25, 0.3) is 0 Å². The van der Waals surface area contributed by atoms with Crippen LogP contribution in [0.25, 0.3) is 0 Å². The Morgan fingerprint density at radius 2 is 1.76 bits per heavy atom. The van der Waals surface area contributed by atoms with Gasteiger partial charge in [-0.25, -0.2) is 0 Å². The van der Waals surface area contributed by atoms with Gasteiger partial charge < -0.3 is 10.6 Å². The van der Waals surface area contributed by atoms with E-state index in [1.807, 2.05) is 18.7 Å². The Labute approximate surface area is 107 Å². The number of hydrogen-bond acceptors (Lipinski definition) is 2. The lowest BCUT2D eigenvalue weighted by Crippen LogP contribution is -2.41. The molecular formula is C14H30N2O. The van der Waals surface area contributed by atoms with Crippen molar-refractivity contribution in [3.63, 3.8) is 0 Å². The van der Waals surface area contributed by atoms with Gasteiger partial charge in [-0.1, -0.05) is 20.3 Å². The summed E-state index contributed by atoms with van der Waals surface area (Å²) in [5.41, 5.74) is 5.72. The van der Waals surface area contributed by atoms with Crippen molar-refractivity contribution in [3.8, 4) is 0 Å². The van der Waals surface area contributed by atoms with Crippen molar-refractivity contribution in [2.75, 3.05) is 6.54 Å². The Morgan fingerprint density at radius 1 is 1.18 bits per heavy atom. The summed E-state index contributed by atoms with van der Waals surface area (Å²) in [7, 11) is 0. The summed E-state index contributed by atoms with van der Waals surface area (Å²) in [4.78, 5) is 14.2. The Balaban J connectivity index is 4.17. The monoisotopic (exact) mass is 242 g/mol. The number of nitrogens with zero attached hydrogens (tertiary/aromatic N) is 1. The average Bonchev–Trinajstić information content (AvgIpc) is 2.28. The summed E-state index contributed by atoms with van der Waals surface area (Å²) in [6.45, 7) is 11.2. The molecule has 0 rings (SSSR count). The lowest BCUT2D eigenvalue weighted by Gasteiger charge is -2.30. The third-order valence-electron chi connectivity index (χ3n) is 3.46. The van der Waals surface area contributed by atoms with Crippen molar-refractivity contribution in [3.05, 3.63) is 0 Å². The predicted octanol–water partition coefficient (Wildman–Crippen LogP) is 2.79. The number of amides is 1. The van der Waals surface area contributed by atoms with E-state index in [1.165, 1.54) is 0 Å². The Kier molecular flexibility index (Phi) is 8.23. The van der Waals surface area contributed by atoms with E-state index in [-0.39, 0.29) is 12.0 Å². The van der Waals surface area contributed by atoms with E-state index in [0.29, 0.717) is 11.9 Å². The fourth-order valence-electron chi connectivity index (χ4n) is 2.06. The van der Waals surface area contributed by atoms with E-state index in [1.54, 1.807) is 0 Å². The first kappa shape index (κ1) is 16.4. The zero-order valence-corrected chi connectivity index (χ0v) is 12.2. The number of carbonyl (C=O) groups excluding carboxylic acids is 1. The summed E-state index contributed by atoms with van der Waals surface area (Å²) in [5, 5.41) is 0. The number of rotatable bonds is 8. The molecule has 0 saturated carbocycles. The molecule has 3 heteroatoms. The predicted molar refractivity (Wildman–Crippen MR) is 73.8 cm³/mol. The molecule has 0 aromatic rings. The van der Waals surface area contributed by atoms with Gasteiger partial charge in [-0.15, -0.1) is 0 Å². The van der Waals surface area contributed by atoms with Crippen LogP contribution >= 0.6 is 0 Å². The normalized spacial score (nSPS) is 16.4. The number of nitrogens with two attached hydrogens (primary N) is 1. The number of carbonyl (C=O) groups is 1. The number of hydrogen-bond donors (Lipinski definition) is 1. The fraction of sp³-hybridized carbons (Fsp3) is 0.929. The maximum Gasteiger partial charge on any atom is 0.225 e. The molecule has 0 aromatic heterocycles. The smallest absolute Gasteiger partial charge is 0.225 e. The molecule has 3 atom stereocenters. The Hall–Kier alpha value is -0.570. The lowest BCUT2D eigenvalue weighted by atomic mass is 10.00. The first-order valence-electron chi connectivity index (χ1n) is 7.00. The second kappa shape index (κ2) is 8.51. The van der Waals surface area contributed by atoms with E-state index in [2.05, 4.69) is 20.8 Å². The average molecular weight is 242 g/mol. The van der Waals surface area contributed by atoms with E-state index in [4.69, 9.17) is 5.73 Å². The highest BCUT2D eigenvalue weighted by Gasteiger charge is 2.22. The van der Waals surface area contributed by atoms with Crippen molar-refractivity contribution in [1.82, 2.24) is 4.90 Å². The fourth-order valence-corrected chi connectivity index (χ4v) is 2.06. The van der Waals surface area contributed by atoms with E-state index < -0.39 is 0 Å². The van der Waals surface area contributed by atoms with Gasteiger partial charge in [-0.2, -0.15) is 0 Å². The van der Waals surface area contributed by atoms with Crippen LogP contribution in [0.5, 0.6) is 0 Å². The Morgan fingerprint density at radius 3 is 2.18 bits per heavy atom. The van der Waals surface area contributed by atoms with Gasteiger partial charge in [0.05, 0.1) is 0 Å². The lowest BCUT2D eigenvalue weighted by molar-refractivity contribution is -0.137. The third kappa shape index (κ3) is 6.06. The first-order valence-corrected chi connectivity index (χ1v) is 7.00. The van der Waals surface area contributed by atoms with Crippen LogP contribution in [0.1, 0.15) is 60.3 Å². The topological polar surface area (TPSA) is 46.3 Å². The van der Waals surface area contributed by atoms with Crippen LogP contribution in [-0.2, 0) is 4.79 Å². The molecule has 0 aromatic carbocycles. The molecule has 102 valence electrons. The molecule has 3 nitrogen and oxygen atoms in total. The highest BCUT2D eigenvalue weighted by Crippen LogP contribution is 2.15. The van der Waals surface area contributed by atoms with Gasteiger partial charge >= 0.3 is 0 Å². The van der Waals surface area contributed by atoms with Crippen LogP contribution in [0.3, 0.4) is 0 Å². The summed E-state index contributed by atoms with van der Waals surface area (Å²) < 4.78 is 0. The summed E-state index contributed by atoms with van der Waals surface area (Å²) in [5.74, 6) is 0.425. The second-order valence-electron chi connectivity index (χ2n) is 5.19. The third-order valence-corrected chi connectivity index (χ3v) is 3.46. The van der Waals surface area contributed by atoms with Crippen LogP contribution in [-0.4, -0.2) is 29.4 Å². The molecule has 0 radical (unpaired) electrons. The zero-order chi connectivity index (χ0) is 13.4. The SMILES string of the molecule is CCC(C)N(CC)C(=O)C(C)CCCC(C)N. The van der Waals surface area contributed by atoms with Gasteiger partial charge in [0.2, 0.25) is 5.91 Å². The summed E-state index contributed by atoms with van der Waals surface area (Å²) >= 11 is 0. The maximum atomic E-state index is 12.2. The van der Waals surface area contributed by atoms with Crippen molar-refractivity contribution < 1.29 is 4.79 Å². The molecule has 0 saturated heterocycles. The van der Waals surface area contributed by atoms with Gasteiger partial charge in [-0.3, -0.25) is 4.79 Å². The molecule has 0 aliphatic carbocycles. The van der Waals surface area contributed by atoms with Gasteiger partial charge in [0, 0.05) is 24.5 Å². The second-order valence-corrected chi connectivity index (χ2v) is 5.19. The zero-order valence-electron chi connectivity index (χ0n) is 12.2.